The lowest BCUT2D eigenvalue weighted by Crippen LogP contribution is -2.53. The van der Waals surface area contributed by atoms with Gasteiger partial charge in [0.25, 0.3) is 0 Å². The maximum atomic E-state index is 12.5. The number of rotatable bonds is 2. The zero-order valence-electron chi connectivity index (χ0n) is 12.5. The largest absolute Gasteiger partial charge is 0.370 e. The van der Waals surface area contributed by atoms with Crippen LogP contribution in [0, 0.1) is 5.41 Å². The molecule has 20 heavy (non-hydrogen) atoms. The lowest BCUT2D eigenvalue weighted by Gasteiger charge is -2.37. The van der Waals surface area contributed by atoms with Crippen molar-refractivity contribution in [3.63, 3.8) is 0 Å². The van der Waals surface area contributed by atoms with Crippen LogP contribution < -0.4 is 5.73 Å². The van der Waals surface area contributed by atoms with Crippen molar-refractivity contribution in [1.82, 2.24) is 4.90 Å². The first kappa shape index (κ1) is 15.0. The molecule has 1 aromatic carbocycles. The molecule has 110 valence electrons. The Morgan fingerprint density at radius 2 is 2.00 bits per heavy atom. The van der Waals surface area contributed by atoms with E-state index in [2.05, 4.69) is 0 Å². The van der Waals surface area contributed by atoms with Crippen molar-refractivity contribution in [2.45, 2.75) is 32.9 Å². The molecular weight excluding hydrogens is 252 g/mol. The van der Waals surface area contributed by atoms with Crippen LogP contribution in [0.25, 0.3) is 0 Å². The molecule has 2 unspecified atom stereocenters. The molecule has 0 saturated carbocycles. The Hall–Kier alpha value is -1.39. The van der Waals surface area contributed by atoms with E-state index in [1.54, 1.807) is 0 Å². The van der Waals surface area contributed by atoms with Gasteiger partial charge in [-0.3, -0.25) is 4.79 Å². The van der Waals surface area contributed by atoms with Gasteiger partial charge in [-0.25, -0.2) is 0 Å². The Morgan fingerprint density at radius 1 is 1.35 bits per heavy atom. The number of hydrogen-bond acceptors (Lipinski definition) is 3. The van der Waals surface area contributed by atoms with Gasteiger partial charge in [0.05, 0.1) is 19.2 Å². The fraction of sp³-hybridized carbons (Fsp3) is 0.562. The van der Waals surface area contributed by atoms with Crippen LogP contribution >= 0.6 is 0 Å². The molecular formula is C16H24N2O2. The van der Waals surface area contributed by atoms with Crippen LogP contribution in [0.3, 0.4) is 0 Å². The number of hydrogen-bond donors (Lipinski definition) is 1. The van der Waals surface area contributed by atoms with Gasteiger partial charge in [-0.05, 0) is 11.0 Å². The minimum atomic E-state index is -0.475. The zero-order valence-corrected chi connectivity index (χ0v) is 12.5. The van der Waals surface area contributed by atoms with E-state index in [4.69, 9.17) is 10.5 Å². The van der Waals surface area contributed by atoms with Crippen LogP contribution in [-0.2, 0) is 9.53 Å². The third-order valence-corrected chi connectivity index (χ3v) is 3.75. The Balaban J connectivity index is 2.06. The summed E-state index contributed by atoms with van der Waals surface area (Å²) >= 11 is 0. The summed E-state index contributed by atoms with van der Waals surface area (Å²) in [4.78, 5) is 14.3. The molecule has 2 N–H and O–H groups in total. The van der Waals surface area contributed by atoms with Crippen molar-refractivity contribution in [2.24, 2.45) is 11.1 Å². The Labute approximate surface area is 120 Å². The summed E-state index contributed by atoms with van der Waals surface area (Å²) in [5, 5.41) is 0. The molecule has 4 nitrogen and oxygen atoms in total. The standard InChI is InChI=1S/C16H24N2O2/c1-16(2,3)14(17)15(19)18-9-10-20-13(11-18)12-7-5-4-6-8-12/h4-8,13-14H,9-11,17H2,1-3H3. The summed E-state index contributed by atoms with van der Waals surface area (Å²) in [5.41, 5.74) is 6.96. The first-order valence-corrected chi connectivity index (χ1v) is 7.10. The van der Waals surface area contributed by atoms with Gasteiger partial charge in [-0.15, -0.1) is 0 Å². The van der Waals surface area contributed by atoms with Gasteiger partial charge >= 0.3 is 0 Å². The predicted molar refractivity (Wildman–Crippen MR) is 79.1 cm³/mol. The zero-order chi connectivity index (χ0) is 14.8. The van der Waals surface area contributed by atoms with Crippen molar-refractivity contribution in [3.05, 3.63) is 35.9 Å². The van der Waals surface area contributed by atoms with E-state index in [9.17, 15) is 4.79 Å². The highest BCUT2D eigenvalue weighted by atomic mass is 16.5. The topological polar surface area (TPSA) is 55.6 Å². The molecule has 1 aliphatic heterocycles. The van der Waals surface area contributed by atoms with Gasteiger partial charge in [-0.2, -0.15) is 0 Å². The average molecular weight is 276 g/mol. The molecule has 1 heterocycles. The van der Waals surface area contributed by atoms with Gasteiger partial charge < -0.3 is 15.4 Å². The van der Waals surface area contributed by atoms with E-state index in [0.29, 0.717) is 19.7 Å². The maximum absolute atomic E-state index is 12.5. The first-order valence-electron chi connectivity index (χ1n) is 7.10. The highest BCUT2D eigenvalue weighted by Crippen LogP contribution is 2.25. The van der Waals surface area contributed by atoms with Crippen molar-refractivity contribution in [3.8, 4) is 0 Å². The normalized spacial score (nSPS) is 21.6. The summed E-state index contributed by atoms with van der Waals surface area (Å²) in [6, 6.07) is 9.54. The lowest BCUT2D eigenvalue weighted by molar-refractivity contribution is -0.142. The van der Waals surface area contributed by atoms with Crippen LogP contribution in [0.15, 0.2) is 30.3 Å². The van der Waals surface area contributed by atoms with Gasteiger partial charge in [0, 0.05) is 6.54 Å². The smallest absolute Gasteiger partial charge is 0.240 e. The van der Waals surface area contributed by atoms with Gasteiger partial charge in [-0.1, -0.05) is 51.1 Å². The van der Waals surface area contributed by atoms with Crippen molar-refractivity contribution in [2.75, 3.05) is 19.7 Å². The molecule has 0 aliphatic carbocycles. The van der Waals surface area contributed by atoms with E-state index in [-0.39, 0.29) is 17.4 Å². The summed E-state index contributed by atoms with van der Waals surface area (Å²) < 4.78 is 5.78. The SMILES string of the molecule is CC(C)(C)C(N)C(=O)N1CCOC(c2ccccc2)C1. The highest BCUT2D eigenvalue weighted by molar-refractivity contribution is 5.82. The second-order valence-corrected chi connectivity index (χ2v) is 6.40. The minimum Gasteiger partial charge on any atom is -0.370 e. The fourth-order valence-electron chi connectivity index (χ4n) is 2.29. The van der Waals surface area contributed by atoms with E-state index >= 15 is 0 Å². The number of carbonyl (C=O) groups excluding carboxylic acids is 1. The second kappa shape index (κ2) is 5.94. The number of nitrogens with two attached hydrogens (primary N) is 1. The number of carbonyl (C=O) groups is 1. The molecule has 1 fully saturated rings. The molecule has 2 rings (SSSR count). The number of amides is 1. The van der Waals surface area contributed by atoms with E-state index in [1.807, 2.05) is 56.0 Å². The molecule has 0 spiro atoms. The third kappa shape index (κ3) is 3.38. The lowest BCUT2D eigenvalue weighted by atomic mass is 9.86. The quantitative estimate of drug-likeness (QED) is 0.898. The Bertz CT molecular complexity index is 453. The number of benzene rings is 1. The molecule has 0 radical (unpaired) electrons. The van der Waals surface area contributed by atoms with E-state index in [1.165, 1.54) is 0 Å². The van der Waals surface area contributed by atoms with E-state index < -0.39 is 6.04 Å². The number of nitrogens with zero attached hydrogens (tertiary/aromatic N) is 1. The highest BCUT2D eigenvalue weighted by Gasteiger charge is 2.33. The molecule has 1 aliphatic rings. The first-order chi connectivity index (χ1) is 9.39. The van der Waals surface area contributed by atoms with Crippen LogP contribution in [0.5, 0.6) is 0 Å². The average Bonchev–Trinajstić information content (AvgIpc) is 2.46. The van der Waals surface area contributed by atoms with Gasteiger partial charge in [0.1, 0.15) is 6.10 Å². The molecule has 0 aromatic heterocycles. The number of morpholine rings is 1. The number of ether oxygens (including phenoxy) is 1. The maximum Gasteiger partial charge on any atom is 0.240 e. The van der Waals surface area contributed by atoms with Gasteiger partial charge in [0.15, 0.2) is 0 Å². The Morgan fingerprint density at radius 3 is 2.60 bits per heavy atom. The van der Waals surface area contributed by atoms with Crippen LogP contribution in [0.4, 0.5) is 0 Å². The van der Waals surface area contributed by atoms with Crippen LogP contribution in [0.2, 0.25) is 0 Å². The van der Waals surface area contributed by atoms with Crippen LogP contribution in [-0.4, -0.2) is 36.5 Å². The molecule has 0 bridgehead atoms. The second-order valence-electron chi connectivity index (χ2n) is 6.40. The van der Waals surface area contributed by atoms with Gasteiger partial charge in [0.2, 0.25) is 5.91 Å². The molecule has 4 heteroatoms. The molecule has 1 saturated heterocycles. The summed E-state index contributed by atoms with van der Waals surface area (Å²) in [6.45, 7) is 7.72. The molecule has 1 amide bonds. The predicted octanol–water partition coefficient (Wildman–Crippen LogP) is 1.96. The van der Waals surface area contributed by atoms with Crippen molar-refractivity contribution >= 4 is 5.91 Å². The summed E-state index contributed by atoms with van der Waals surface area (Å²) in [6.07, 6.45) is -0.0546. The molecule has 1 aromatic rings. The molecule has 2 atom stereocenters. The Kier molecular flexibility index (Phi) is 4.45. The summed E-state index contributed by atoms with van der Waals surface area (Å²) in [7, 11) is 0. The monoisotopic (exact) mass is 276 g/mol. The van der Waals surface area contributed by atoms with Crippen molar-refractivity contribution in [1.29, 1.82) is 0 Å². The van der Waals surface area contributed by atoms with E-state index in [0.717, 1.165) is 5.56 Å². The summed E-state index contributed by atoms with van der Waals surface area (Å²) in [5.74, 6) is 0.0155. The third-order valence-electron chi connectivity index (χ3n) is 3.75. The van der Waals surface area contributed by atoms with Crippen molar-refractivity contribution < 1.29 is 9.53 Å². The minimum absolute atomic E-state index is 0.0155. The van der Waals surface area contributed by atoms with Crippen LogP contribution in [0.1, 0.15) is 32.4 Å². The fourth-order valence-corrected chi connectivity index (χ4v) is 2.29.